The first kappa shape index (κ1) is 12.6. The summed E-state index contributed by atoms with van der Waals surface area (Å²) in [7, 11) is 0. The third kappa shape index (κ3) is 3.53. The molecule has 15 heavy (non-hydrogen) atoms. The molecule has 0 atom stereocenters. The Balaban J connectivity index is 0.000000337. The minimum atomic E-state index is 0.818. The molecule has 0 bridgehead atoms. The van der Waals surface area contributed by atoms with Gasteiger partial charge in [-0.05, 0) is 42.4 Å². The highest BCUT2D eigenvalue weighted by atomic mass is 35.5. The molecule has 0 unspecified atom stereocenters. The zero-order valence-corrected chi connectivity index (χ0v) is 10.8. The summed E-state index contributed by atoms with van der Waals surface area (Å²) in [6.45, 7) is 6.42. The number of hydrogen-bond donors (Lipinski definition) is 0. The Bertz CT molecular complexity index is 300. The van der Waals surface area contributed by atoms with Gasteiger partial charge in [-0.2, -0.15) is 0 Å². The van der Waals surface area contributed by atoms with Gasteiger partial charge in [0.15, 0.2) is 0 Å². The number of rotatable bonds is 2. The van der Waals surface area contributed by atoms with Gasteiger partial charge in [0.2, 0.25) is 0 Å². The molecule has 0 amide bonds. The van der Waals surface area contributed by atoms with Gasteiger partial charge in [-0.1, -0.05) is 50.9 Å². The molecular weight excluding hydrogens is 204 g/mol. The Kier molecular flexibility index (Phi) is 5.17. The van der Waals surface area contributed by atoms with E-state index in [9.17, 15) is 0 Å². The van der Waals surface area contributed by atoms with Gasteiger partial charge in [-0.25, -0.2) is 0 Å². The standard InChI is InChI=1S/C11H13Cl.C3H8/c1-2-9-10(8-6-7-8)4-3-5-11(9)12;1-3-2/h3-5,8H,2,6-7H2,1H3;3H2,1-2H3. The van der Waals surface area contributed by atoms with E-state index in [1.807, 2.05) is 6.07 Å². The Hall–Kier alpha value is -0.490. The van der Waals surface area contributed by atoms with Crippen molar-refractivity contribution >= 4 is 11.6 Å². The molecule has 0 spiro atoms. The molecule has 1 aromatic rings. The van der Waals surface area contributed by atoms with Crippen molar-refractivity contribution in [2.75, 3.05) is 0 Å². The largest absolute Gasteiger partial charge is 0.0840 e. The molecular formula is C14H21Cl. The molecule has 1 heteroatoms. The first-order valence-corrected chi connectivity index (χ1v) is 6.39. The SMILES string of the molecule is CCC.CCc1c(Cl)cccc1C1CC1. The molecule has 84 valence electrons. The van der Waals surface area contributed by atoms with E-state index in [1.165, 1.54) is 30.4 Å². The molecule has 0 heterocycles. The smallest absolute Gasteiger partial charge is 0.0440 e. The van der Waals surface area contributed by atoms with Crippen molar-refractivity contribution in [3.63, 3.8) is 0 Å². The van der Waals surface area contributed by atoms with E-state index in [0.29, 0.717) is 0 Å². The van der Waals surface area contributed by atoms with E-state index < -0.39 is 0 Å². The zero-order chi connectivity index (χ0) is 11.3. The number of benzene rings is 1. The third-order valence-corrected chi connectivity index (χ3v) is 2.88. The average molecular weight is 225 g/mol. The highest BCUT2D eigenvalue weighted by molar-refractivity contribution is 6.31. The number of hydrogen-bond acceptors (Lipinski definition) is 0. The molecule has 0 aromatic heterocycles. The zero-order valence-electron chi connectivity index (χ0n) is 10.0. The van der Waals surface area contributed by atoms with E-state index in [4.69, 9.17) is 11.6 Å². The lowest BCUT2D eigenvalue weighted by atomic mass is 10.0. The Morgan fingerprint density at radius 3 is 2.27 bits per heavy atom. The predicted octanol–water partition coefficient (Wildman–Crippen LogP) is 5.20. The van der Waals surface area contributed by atoms with Crippen molar-refractivity contribution in [1.29, 1.82) is 0 Å². The quantitative estimate of drug-likeness (QED) is 0.648. The second kappa shape index (κ2) is 6.17. The van der Waals surface area contributed by atoms with Gasteiger partial charge in [-0.3, -0.25) is 0 Å². The second-order valence-electron chi connectivity index (χ2n) is 4.14. The highest BCUT2D eigenvalue weighted by Gasteiger charge is 2.25. The fourth-order valence-corrected chi connectivity index (χ4v) is 2.04. The normalized spacial score (nSPS) is 14.4. The Labute approximate surface area is 98.7 Å². The molecule has 0 aliphatic heterocycles. The van der Waals surface area contributed by atoms with Crippen LogP contribution in [0.15, 0.2) is 18.2 Å². The molecule has 1 aliphatic carbocycles. The third-order valence-electron chi connectivity index (χ3n) is 2.53. The highest BCUT2D eigenvalue weighted by Crippen LogP contribution is 2.43. The molecule has 1 aliphatic rings. The minimum absolute atomic E-state index is 0.818. The van der Waals surface area contributed by atoms with E-state index >= 15 is 0 Å². The lowest BCUT2D eigenvalue weighted by Gasteiger charge is -2.07. The van der Waals surface area contributed by atoms with Crippen LogP contribution in [0.25, 0.3) is 0 Å². The summed E-state index contributed by atoms with van der Waals surface area (Å²) in [5.41, 5.74) is 2.85. The van der Waals surface area contributed by atoms with E-state index in [0.717, 1.165) is 17.4 Å². The summed E-state index contributed by atoms with van der Waals surface area (Å²) in [6.07, 6.45) is 5.02. The minimum Gasteiger partial charge on any atom is -0.0840 e. The molecule has 0 saturated heterocycles. The molecule has 0 radical (unpaired) electrons. The Morgan fingerprint density at radius 1 is 1.20 bits per heavy atom. The van der Waals surface area contributed by atoms with Gasteiger partial charge in [-0.15, -0.1) is 0 Å². The maximum Gasteiger partial charge on any atom is 0.0440 e. The second-order valence-corrected chi connectivity index (χ2v) is 4.55. The van der Waals surface area contributed by atoms with Crippen molar-refractivity contribution in [3.05, 3.63) is 34.3 Å². The Morgan fingerprint density at radius 2 is 1.80 bits per heavy atom. The topological polar surface area (TPSA) is 0 Å². The van der Waals surface area contributed by atoms with E-state index in [2.05, 4.69) is 32.9 Å². The van der Waals surface area contributed by atoms with Gasteiger partial charge in [0, 0.05) is 5.02 Å². The van der Waals surface area contributed by atoms with Crippen LogP contribution >= 0.6 is 11.6 Å². The van der Waals surface area contributed by atoms with Gasteiger partial charge in [0.1, 0.15) is 0 Å². The van der Waals surface area contributed by atoms with Crippen molar-refractivity contribution in [2.45, 2.75) is 52.4 Å². The summed E-state index contributed by atoms with van der Waals surface area (Å²) >= 11 is 6.10. The fourth-order valence-electron chi connectivity index (χ4n) is 1.73. The van der Waals surface area contributed by atoms with E-state index in [-0.39, 0.29) is 0 Å². The van der Waals surface area contributed by atoms with Crippen LogP contribution in [0.5, 0.6) is 0 Å². The number of halogens is 1. The average Bonchev–Trinajstić information content (AvgIpc) is 3.02. The molecule has 0 nitrogen and oxygen atoms in total. The van der Waals surface area contributed by atoms with Crippen molar-refractivity contribution in [1.82, 2.24) is 0 Å². The summed E-state index contributed by atoms with van der Waals surface area (Å²) in [6, 6.07) is 6.28. The van der Waals surface area contributed by atoms with Crippen molar-refractivity contribution < 1.29 is 0 Å². The van der Waals surface area contributed by atoms with Crippen LogP contribution in [0.1, 0.15) is 57.1 Å². The van der Waals surface area contributed by atoms with E-state index in [1.54, 1.807) is 0 Å². The molecule has 2 rings (SSSR count). The van der Waals surface area contributed by atoms with Crippen LogP contribution in [-0.2, 0) is 6.42 Å². The molecule has 1 aromatic carbocycles. The van der Waals surface area contributed by atoms with Crippen LogP contribution in [0.4, 0.5) is 0 Å². The van der Waals surface area contributed by atoms with Crippen LogP contribution in [0, 0.1) is 0 Å². The monoisotopic (exact) mass is 224 g/mol. The lowest BCUT2D eigenvalue weighted by molar-refractivity contribution is 1.03. The van der Waals surface area contributed by atoms with Crippen molar-refractivity contribution in [3.8, 4) is 0 Å². The van der Waals surface area contributed by atoms with Crippen LogP contribution < -0.4 is 0 Å². The van der Waals surface area contributed by atoms with Gasteiger partial charge < -0.3 is 0 Å². The first-order chi connectivity index (χ1) is 7.24. The van der Waals surface area contributed by atoms with Crippen LogP contribution in [0.2, 0.25) is 5.02 Å². The summed E-state index contributed by atoms with van der Waals surface area (Å²) < 4.78 is 0. The van der Waals surface area contributed by atoms with Crippen LogP contribution in [0.3, 0.4) is 0 Å². The summed E-state index contributed by atoms with van der Waals surface area (Å²) in [4.78, 5) is 0. The first-order valence-electron chi connectivity index (χ1n) is 6.01. The maximum absolute atomic E-state index is 6.10. The summed E-state index contributed by atoms with van der Waals surface area (Å²) in [5.74, 6) is 0.818. The lowest BCUT2D eigenvalue weighted by Crippen LogP contribution is -1.90. The van der Waals surface area contributed by atoms with Crippen molar-refractivity contribution in [2.24, 2.45) is 0 Å². The molecule has 1 saturated carbocycles. The predicted molar refractivity (Wildman–Crippen MR) is 68.8 cm³/mol. The fraction of sp³-hybridized carbons (Fsp3) is 0.571. The maximum atomic E-state index is 6.10. The van der Waals surface area contributed by atoms with Gasteiger partial charge in [0.25, 0.3) is 0 Å². The molecule has 1 fully saturated rings. The van der Waals surface area contributed by atoms with Gasteiger partial charge in [0.05, 0.1) is 0 Å². The van der Waals surface area contributed by atoms with Crippen LogP contribution in [-0.4, -0.2) is 0 Å². The summed E-state index contributed by atoms with van der Waals surface area (Å²) in [5, 5.41) is 0.946. The van der Waals surface area contributed by atoms with Gasteiger partial charge >= 0.3 is 0 Å². The molecule has 0 N–H and O–H groups in total.